The molecule has 0 aromatic heterocycles. The second kappa shape index (κ2) is 15.9. The van der Waals surface area contributed by atoms with E-state index >= 15 is 0 Å². The molecule has 0 fully saturated rings. The topological polar surface area (TPSA) is 26.3 Å². The Kier molecular flexibility index (Phi) is 13.9. The summed E-state index contributed by atoms with van der Waals surface area (Å²) in [5.41, 5.74) is 1.20. The van der Waals surface area contributed by atoms with Gasteiger partial charge in [-0.2, -0.15) is 0 Å². The Bertz CT molecular complexity index is 467. The fraction of sp³-hybridized carbons (Fsp3) is 0.708. The number of carbonyl (C=O) groups is 1. The van der Waals surface area contributed by atoms with Crippen molar-refractivity contribution >= 4 is 5.97 Å². The minimum Gasteiger partial charge on any atom is -0.427 e. The number of aryl methyl sites for hydroxylation is 1. The summed E-state index contributed by atoms with van der Waals surface area (Å²) in [4.78, 5) is 11.9. The predicted octanol–water partition coefficient (Wildman–Crippen LogP) is 7.64. The first kappa shape index (κ1) is 22.7. The Balaban J connectivity index is 1.90. The van der Waals surface area contributed by atoms with Crippen LogP contribution < -0.4 is 4.74 Å². The molecule has 1 aromatic rings. The zero-order valence-corrected chi connectivity index (χ0v) is 17.2. The van der Waals surface area contributed by atoms with Crippen molar-refractivity contribution in [3.8, 4) is 5.75 Å². The van der Waals surface area contributed by atoms with E-state index in [9.17, 15) is 4.79 Å². The van der Waals surface area contributed by atoms with Crippen LogP contribution in [-0.2, 0) is 11.2 Å². The van der Waals surface area contributed by atoms with Gasteiger partial charge in [0.1, 0.15) is 5.75 Å². The molecule has 1 rings (SSSR count). The summed E-state index contributed by atoms with van der Waals surface area (Å²) >= 11 is 0. The van der Waals surface area contributed by atoms with Crippen molar-refractivity contribution in [2.75, 3.05) is 0 Å². The highest BCUT2D eigenvalue weighted by atomic mass is 16.5. The zero-order valence-electron chi connectivity index (χ0n) is 17.2. The number of unbranched alkanes of at least 4 members (excludes halogenated alkanes) is 12. The molecule has 0 amide bonds. The van der Waals surface area contributed by atoms with Crippen molar-refractivity contribution in [3.05, 3.63) is 29.8 Å². The van der Waals surface area contributed by atoms with Crippen LogP contribution in [0.3, 0.4) is 0 Å². The first-order chi connectivity index (χ1) is 12.8. The van der Waals surface area contributed by atoms with Gasteiger partial charge in [0.05, 0.1) is 0 Å². The van der Waals surface area contributed by atoms with Crippen molar-refractivity contribution in [2.45, 2.75) is 110 Å². The first-order valence-corrected chi connectivity index (χ1v) is 11.1. The molecule has 0 saturated carbocycles. The molecule has 0 bridgehead atoms. The second-order valence-corrected chi connectivity index (χ2v) is 7.47. The predicted molar refractivity (Wildman–Crippen MR) is 112 cm³/mol. The summed E-state index contributed by atoms with van der Waals surface area (Å²) in [6.45, 7) is 4.38. The third-order valence-electron chi connectivity index (χ3n) is 5.02. The smallest absolute Gasteiger partial charge is 0.311 e. The van der Waals surface area contributed by atoms with E-state index in [4.69, 9.17) is 4.74 Å². The van der Waals surface area contributed by atoms with Gasteiger partial charge in [-0.1, -0.05) is 103 Å². The normalized spacial score (nSPS) is 10.8. The summed E-state index contributed by atoms with van der Waals surface area (Å²) in [5, 5.41) is 0. The van der Waals surface area contributed by atoms with Crippen LogP contribution in [0, 0.1) is 0 Å². The Morgan fingerprint density at radius 2 is 1.31 bits per heavy atom. The third kappa shape index (κ3) is 12.1. The van der Waals surface area contributed by atoms with E-state index in [0.717, 1.165) is 19.3 Å². The van der Waals surface area contributed by atoms with Crippen molar-refractivity contribution in [3.63, 3.8) is 0 Å². The van der Waals surface area contributed by atoms with Crippen molar-refractivity contribution in [1.82, 2.24) is 0 Å². The van der Waals surface area contributed by atoms with Gasteiger partial charge in [-0.25, -0.2) is 0 Å². The molecule has 0 spiro atoms. The number of benzene rings is 1. The lowest BCUT2D eigenvalue weighted by Crippen LogP contribution is -2.07. The molecule has 2 heteroatoms. The van der Waals surface area contributed by atoms with Crippen LogP contribution in [0.1, 0.15) is 109 Å². The molecule has 26 heavy (non-hydrogen) atoms. The van der Waals surface area contributed by atoms with Crippen LogP contribution in [0.5, 0.6) is 5.75 Å². The number of carbonyl (C=O) groups excluding carboxylic acids is 1. The van der Waals surface area contributed by atoms with Gasteiger partial charge >= 0.3 is 5.97 Å². The summed E-state index contributed by atoms with van der Waals surface area (Å²) < 4.78 is 5.42. The van der Waals surface area contributed by atoms with Crippen LogP contribution in [0.15, 0.2) is 24.3 Å². The van der Waals surface area contributed by atoms with E-state index in [-0.39, 0.29) is 5.97 Å². The van der Waals surface area contributed by atoms with E-state index in [1.165, 1.54) is 76.2 Å². The van der Waals surface area contributed by atoms with E-state index in [2.05, 4.69) is 19.9 Å². The van der Waals surface area contributed by atoms with Crippen LogP contribution in [0.4, 0.5) is 0 Å². The molecule has 0 N–H and O–H groups in total. The maximum Gasteiger partial charge on any atom is 0.311 e. The van der Waals surface area contributed by atoms with Gasteiger partial charge < -0.3 is 4.74 Å². The van der Waals surface area contributed by atoms with Crippen LogP contribution in [-0.4, -0.2) is 5.97 Å². The molecule has 0 radical (unpaired) electrons. The molecule has 0 saturated heterocycles. The molecule has 0 aliphatic carbocycles. The summed E-state index contributed by atoms with van der Waals surface area (Å²) in [5.74, 6) is 0.588. The number of hydrogen-bond donors (Lipinski definition) is 0. The monoisotopic (exact) mass is 360 g/mol. The molecule has 0 aliphatic rings. The van der Waals surface area contributed by atoms with Crippen LogP contribution in [0.25, 0.3) is 0 Å². The minimum atomic E-state index is -0.0960. The lowest BCUT2D eigenvalue weighted by Gasteiger charge is -2.06. The van der Waals surface area contributed by atoms with Gasteiger partial charge in [-0.05, 0) is 30.5 Å². The Labute approximate surface area is 161 Å². The fourth-order valence-corrected chi connectivity index (χ4v) is 3.30. The lowest BCUT2D eigenvalue weighted by atomic mass is 10.0. The largest absolute Gasteiger partial charge is 0.427 e. The molecular formula is C24H40O2. The van der Waals surface area contributed by atoms with E-state index in [1.807, 2.05) is 18.2 Å². The van der Waals surface area contributed by atoms with E-state index < -0.39 is 0 Å². The molecule has 0 unspecified atom stereocenters. The summed E-state index contributed by atoms with van der Waals surface area (Å²) in [6, 6.07) is 7.83. The fourth-order valence-electron chi connectivity index (χ4n) is 3.30. The van der Waals surface area contributed by atoms with Crippen molar-refractivity contribution in [1.29, 1.82) is 0 Å². The minimum absolute atomic E-state index is 0.0960. The third-order valence-corrected chi connectivity index (χ3v) is 5.02. The van der Waals surface area contributed by atoms with Crippen molar-refractivity contribution in [2.24, 2.45) is 0 Å². The average molecular weight is 361 g/mol. The van der Waals surface area contributed by atoms with Gasteiger partial charge in [0, 0.05) is 6.42 Å². The van der Waals surface area contributed by atoms with E-state index in [0.29, 0.717) is 12.2 Å². The molecule has 0 atom stereocenters. The lowest BCUT2D eigenvalue weighted by molar-refractivity contribution is -0.134. The van der Waals surface area contributed by atoms with Gasteiger partial charge in [-0.15, -0.1) is 0 Å². The first-order valence-electron chi connectivity index (χ1n) is 11.1. The summed E-state index contributed by atoms with van der Waals surface area (Å²) in [6.07, 6.45) is 18.7. The molecular weight excluding hydrogens is 320 g/mol. The zero-order chi connectivity index (χ0) is 18.9. The van der Waals surface area contributed by atoms with Crippen molar-refractivity contribution < 1.29 is 9.53 Å². The molecule has 0 heterocycles. The summed E-state index contributed by atoms with van der Waals surface area (Å²) in [7, 11) is 0. The van der Waals surface area contributed by atoms with Gasteiger partial charge in [0.2, 0.25) is 0 Å². The van der Waals surface area contributed by atoms with Crippen LogP contribution >= 0.6 is 0 Å². The number of esters is 1. The SMILES string of the molecule is CCCCCCCCCCCCCCCC(=O)Oc1cccc(CC)c1. The molecule has 1 aromatic carbocycles. The van der Waals surface area contributed by atoms with Gasteiger partial charge in [-0.3, -0.25) is 4.79 Å². The highest BCUT2D eigenvalue weighted by Crippen LogP contribution is 2.16. The van der Waals surface area contributed by atoms with Gasteiger partial charge in [0.15, 0.2) is 0 Å². The number of hydrogen-bond acceptors (Lipinski definition) is 2. The number of rotatable bonds is 16. The Morgan fingerprint density at radius 3 is 1.85 bits per heavy atom. The maximum absolute atomic E-state index is 11.9. The Hall–Kier alpha value is -1.31. The van der Waals surface area contributed by atoms with E-state index in [1.54, 1.807) is 0 Å². The maximum atomic E-state index is 11.9. The highest BCUT2D eigenvalue weighted by Gasteiger charge is 2.05. The molecule has 148 valence electrons. The second-order valence-electron chi connectivity index (χ2n) is 7.47. The quantitative estimate of drug-likeness (QED) is 0.172. The highest BCUT2D eigenvalue weighted by molar-refractivity contribution is 5.72. The average Bonchev–Trinajstić information content (AvgIpc) is 2.65. The molecule has 2 nitrogen and oxygen atoms in total. The number of ether oxygens (including phenoxy) is 1. The van der Waals surface area contributed by atoms with Crippen LogP contribution in [0.2, 0.25) is 0 Å². The Morgan fingerprint density at radius 1 is 0.769 bits per heavy atom. The standard InChI is InChI=1S/C24H40O2/c1-3-5-6-7-8-9-10-11-12-13-14-15-16-20-24(25)26-23-19-17-18-22(4-2)21-23/h17-19,21H,3-16,20H2,1-2H3. The van der Waals surface area contributed by atoms with Gasteiger partial charge in [0.25, 0.3) is 0 Å². The molecule has 0 aliphatic heterocycles.